The number of carbonyl (C=O) groups is 2. The van der Waals surface area contributed by atoms with Crippen LogP contribution in [0.1, 0.15) is 10.4 Å². The van der Waals surface area contributed by atoms with Crippen molar-refractivity contribution in [3.8, 4) is 10.4 Å². The predicted molar refractivity (Wildman–Crippen MR) is 127 cm³/mol. The van der Waals surface area contributed by atoms with Crippen LogP contribution in [0, 0.1) is 0 Å². The lowest BCUT2D eigenvalue weighted by Gasteiger charge is -2.32. The summed E-state index contributed by atoms with van der Waals surface area (Å²) in [5, 5.41) is 7.79. The number of nitrogens with zero attached hydrogens (tertiary/aromatic N) is 2. The maximum Gasteiger partial charge on any atom is 0.321 e. The summed E-state index contributed by atoms with van der Waals surface area (Å²) in [4.78, 5) is 30.2. The highest BCUT2D eigenvalue weighted by Gasteiger charge is 2.19. The van der Waals surface area contributed by atoms with Crippen molar-refractivity contribution in [2.24, 2.45) is 0 Å². The zero-order valence-corrected chi connectivity index (χ0v) is 18.1. The molecule has 0 atom stereocenters. The number of carbonyl (C=O) groups excluding carboxylic acids is 2. The molecule has 0 spiro atoms. The van der Waals surface area contributed by atoms with E-state index in [2.05, 4.69) is 15.5 Å². The second kappa shape index (κ2) is 9.20. The summed E-state index contributed by atoms with van der Waals surface area (Å²) >= 11 is 1.63. The van der Waals surface area contributed by atoms with Gasteiger partial charge in [-0.2, -0.15) is 0 Å². The number of anilines is 3. The van der Waals surface area contributed by atoms with Gasteiger partial charge in [-0.15, -0.1) is 11.3 Å². The number of likely N-dealkylation sites (N-methyl/N-ethyl adjacent to an activating group) is 1. The quantitative estimate of drug-likeness (QED) is 0.540. The van der Waals surface area contributed by atoms with Crippen molar-refractivity contribution in [1.82, 2.24) is 9.80 Å². The molecule has 31 heavy (non-hydrogen) atoms. The summed E-state index contributed by atoms with van der Waals surface area (Å²) in [7, 11) is 2.05. The molecular weight excluding hydrogens is 410 g/mol. The fourth-order valence-corrected chi connectivity index (χ4v) is 4.10. The minimum absolute atomic E-state index is 0.122. The highest BCUT2D eigenvalue weighted by Crippen LogP contribution is 2.30. The van der Waals surface area contributed by atoms with Crippen LogP contribution < -0.4 is 16.4 Å². The molecule has 2 heterocycles. The number of thiophene rings is 1. The highest BCUT2D eigenvalue weighted by molar-refractivity contribution is 7.13. The predicted octanol–water partition coefficient (Wildman–Crippen LogP) is 4.03. The minimum Gasteiger partial charge on any atom is -0.397 e. The van der Waals surface area contributed by atoms with E-state index in [-0.39, 0.29) is 11.9 Å². The van der Waals surface area contributed by atoms with Crippen molar-refractivity contribution in [1.29, 1.82) is 0 Å². The van der Waals surface area contributed by atoms with E-state index in [0.29, 0.717) is 35.7 Å². The SMILES string of the molecule is CN1CCN(C(=O)Nc2ccc(C(=O)Nc3cc(-c4cccs4)ccc3N)cc2)CC1. The number of piperazine rings is 1. The fraction of sp³-hybridized carbons (Fsp3) is 0.217. The molecule has 3 amide bonds. The number of urea groups is 1. The molecule has 4 N–H and O–H groups in total. The van der Waals surface area contributed by atoms with Gasteiger partial charge >= 0.3 is 6.03 Å². The first-order chi connectivity index (χ1) is 15.0. The van der Waals surface area contributed by atoms with Gasteiger partial charge < -0.3 is 26.2 Å². The van der Waals surface area contributed by atoms with Crippen molar-refractivity contribution < 1.29 is 9.59 Å². The van der Waals surface area contributed by atoms with E-state index in [1.807, 2.05) is 36.7 Å². The van der Waals surface area contributed by atoms with E-state index >= 15 is 0 Å². The van der Waals surface area contributed by atoms with Gasteiger partial charge in [0.15, 0.2) is 0 Å². The number of hydrogen-bond acceptors (Lipinski definition) is 5. The Kier molecular flexibility index (Phi) is 6.20. The number of nitrogens with two attached hydrogens (primary N) is 1. The van der Waals surface area contributed by atoms with E-state index in [1.54, 1.807) is 46.6 Å². The molecule has 3 aromatic rings. The van der Waals surface area contributed by atoms with Gasteiger partial charge in [-0.3, -0.25) is 4.79 Å². The minimum atomic E-state index is -0.257. The zero-order valence-electron chi connectivity index (χ0n) is 17.3. The number of benzene rings is 2. The van der Waals surface area contributed by atoms with Crippen LogP contribution in [0.15, 0.2) is 60.0 Å². The lowest BCUT2D eigenvalue weighted by atomic mass is 10.1. The van der Waals surface area contributed by atoms with Crippen molar-refractivity contribution in [3.05, 3.63) is 65.5 Å². The van der Waals surface area contributed by atoms with Crippen molar-refractivity contribution in [3.63, 3.8) is 0 Å². The van der Waals surface area contributed by atoms with Crippen LogP contribution in [0.4, 0.5) is 21.9 Å². The summed E-state index contributed by atoms with van der Waals surface area (Å²) in [5.41, 5.74) is 9.28. The molecule has 1 fully saturated rings. The van der Waals surface area contributed by atoms with E-state index in [4.69, 9.17) is 5.73 Å². The number of hydrogen-bond donors (Lipinski definition) is 3. The summed E-state index contributed by atoms with van der Waals surface area (Å²) in [6.45, 7) is 3.14. The van der Waals surface area contributed by atoms with Crippen LogP contribution >= 0.6 is 11.3 Å². The normalized spacial score (nSPS) is 14.3. The lowest BCUT2D eigenvalue weighted by Crippen LogP contribution is -2.48. The van der Waals surface area contributed by atoms with Gasteiger partial charge in [0, 0.05) is 42.3 Å². The molecule has 1 saturated heterocycles. The van der Waals surface area contributed by atoms with Gasteiger partial charge in [0.25, 0.3) is 5.91 Å². The topological polar surface area (TPSA) is 90.7 Å². The molecule has 1 aliphatic rings. The van der Waals surface area contributed by atoms with Crippen LogP contribution in [0.2, 0.25) is 0 Å². The van der Waals surface area contributed by atoms with Gasteiger partial charge in [0.1, 0.15) is 0 Å². The van der Waals surface area contributed by atoms with Gasteiger partial charge in [-0.05, 0) is 60.5 Å². The molecule has 0 saturated carbocycles. The molecule has 8 heteroatoms. The Morgan fingerprint density at radius 2 is 1.71 bits per heavy atom. The Morgan fingerprint density at radius 1 is 0.968 bits per heavy atom. The third-order valence-corrected chi connectivity index (χ3v) is 6.21. The van der Waals surface area contributed by atoms with Crippen molar-refractivity contribution >= 4 is 40.3 Å². The molecule has 0 bridgehead atoms. The van der Waals surface area contributed by atoms with Gasteiger partial charge in [-0.1, -0.05) is 12.1 Å². The smallest absolute Gasteiger partial charge is 0.321 e. The molecule has 2 aromatic carbocycles. The second-order valence-electron chi connectivity index (χ2n) is 7.53. The molecule has 7 nitrogen and oxygen atoms in total. The number of nitrogens with one attached hydrogen (secondary N) is 2. The molecule has 0 aliphatic carbocycles. The fourth-order valence-electron chi connectivity index (χ4n) is 3.37. The Bertz CT molecular complexity index is 1060. The van der Waals surface area contributed by atoms with Crippen LogP contribution in [0.5, 0.6) is 0 Å². The first-order valence-corrected chi connectivity index (χ1v) is 11.0. The monoisotopic (exact) mass is 435 g/mol. The van der Waals surface area contributed by atoms with E-state index in [9.17, 15) is 9.59 Å². The number of nitrogen functional groups attached to an aromatic ring is 1. The second-order valence-corrected chi connectivity index (χ2v) is 8.48. The summed E-state index contributed by atoms with van der Waals surface area (Å²) in [6, 6.07) is 16.3. The van der Waals surface area contributed by atoms with Gasteiger partial charge in [-0.25, -0.2) is 4.79 Å². The standard InChI is InChI=1S/C23H25N5O2S/c1-27-10-12-28(13-11-27)23(30)25-18-7-4-16(5-8-18)22(29)26-20-15-17(6-9-19(20)24)21-3-2-14-31-21/h2-9,14-15H,10-13,24H2,1H3,(H,25,30)(H,26,29). The van der Waals surface area contributed by atoms with Gasteiger partial charge in [0.2, 0.25) is 0 Å². The average molecular weight is 436 g/mol. The Hall–Kier alpha value is -3.36. The van der Waals surface area contributed by atoms with Crippen LogP contribution in [0.25, 0.3) is 10.4 Å². The molecule has 0 radical (unpaired) electrons. The highest BCUT2D eigenvalue weighted by atomic mass is 32.1. The van der Waals surface area contributed by atoms with Crippen LogP contribution in [-0.2, 0) is 0 Å². The maximum atomic E-state index is 12.7. The lowest BCUT2D eigenvalue weighted by molar-refractivity contribution is 0.102. The van der Waals surface area contributed by atoms with E-state index in [0.717, 1.165) is 23.5 Å². The molecular formula is C23H25N5O2S. The molecule has 1 aromatic heterocycles. The Labute approximate surface area is 185 Å². The molecule has 0 unspecified atom stereocenters. The van der Waals surface area contributed by atoms with E-state index < -0.39 is 0 Å². The Balaban J connectivity index is 1.40. The van der Waals surface area contributed by atoms with Crippen LogP contribution in [0.3, 0.4) is 0 Å². The summed E-state index contributed by atoms with van der Waals surface area (Å²) in [5.74, 6) is -0.257. The van der Waals surface area contributed by atoms with Crippen molar-refractivity contribution in [2.45, 2.75) is 0 Å². The zero-order chi connectivity index (χ0) is 21.8. The largest absolute Gasteiger partial charge is 0.397 e. The van der Waals surface area contributed by atoms with Crippen molar-refractivity contribution in [2.75, 3.05) is 49.6 Å². The molecule has 160 valence electrons. The third-order valence-electron chi connectivity index (χ3n) is 5.30. The van der Waals surface area contributed by atoms with Crippen LogP contribution in [-0.4, -0.2) is 55.0 Å². The Morgan fingerprint density at radius 3 is 2.39 bits per heavy atom. The summed E-state index contributed by atoms with van der Waals surface area (Å²) < 4.78 is 0. The van der Waals surface area contributed by atoms with E-state index in [1.165, 1.54) is 0 Å². The number of rotatable bonds is 4. The number of amides is 3. The summed E-state index contributed by atoms with van der Waals surface area (Å²) in [6.07, 6.45) is 0. The first kappa shape index (κ1) is 20.9. The molecule has 4 rings (SSSR count). The first-order valence-electron chi connectivity index (χ1n) is 10.1. The average Bonchev–Trinajstić information content (AvgIpc) is 3.31. The van der Waals surface area contributed by atoms with Gasteiger partial charge in [0.05, 0.1) is 11.4 Å². The maximum absolute atomic E-state index is 12.7. The third kappa shape index (κ3) is 5.04. The molecule has 1 aliphatic heterocycles.